The maximum atomic E-state index is 14.2. The molecule has 4 rings (SSSR count). The molecule has 1 saturated heterocycles. The first-order valence-corrected chi connectivity index (χ1v) is 15.3. The second-order valence-corrected chi connectivity index (χ2v) is 12.6. The molecule has 2 aromatic carbocycles. The van der Waals surface area contributed by atoms with E-state index in [-0.39, 0.29) is 11.7 Å². The van der Waals surface area contributed by atoms with Crippen molar-refractivity contribution in [2.24, 2.45) is 11.7 Å². The average molecular weight is 603 g/mol. The Labute approximate surface area is 260 Å². The van der Waals surface area contributed by atoms with Crippen LogP contribution in [0, 0.1) is 5.92 Å². The van der Waals surface area contributed by atoms with Gasteiger partial charge in [0.05, 0.1) is 19.0 Å². The van der Waals surface area contributed by atoms with Crippen molar-refractivity contribution in [2.45, 2.75) is 76.9 Å². The third-order valence-corrected chi connectivity index (χ3v) is 8.50. The van der Waals surface area contributed by atoms with Gasteiger partial charge in [-0.1, -0.05) is 49.4 Å². The summed E-state index contributed by atoms with van der Waals surface area (Å²) >= 11 is 0. The molecule has 1 aromatic heterocycles. The summed E-state index contributed by atoms with van der Waals surface area (Å²) in [6, 6.07) is 16.6. The Bertz CT molecular complexity index is 1410. The molecular weight excluding hydrogens is 556 g/mol. The molecule has 10 heteroatoms. The largest absolute Gasteiger partial charge is 0.497 e. The number of methoxy groups -OCH3 is 1. The summed E-state index contributed by atoms with van der Waals surface area (Å²) < 4.78 is 7.09. The van der Waals surface area contributed by atoms with E-state index in [2.05, 4.69) is 22.5 Å². The Morgan fingerprint density at radius 3 is 2.32 bits per heavy atom. The van der Waals surface area contributed by atoms with Crippen LogP contribution >= 0.6 is 0 Å². The van der Waals surface area contributed by atoms with E-state index in [0.29, 0.717) is 37.6 Å². The number of likely N-dealkylation sites (tertiary alicyclic amines) is 1. The Balaban J connectivity index is 1.56. The van der Waals surface area contributed by atoms with E-state index in [9.17, 15) is 14.4 Å². The topological polar surface area (TPSA) is 132 Å². The molecule has 0 saturated carbocycles. The third kappa shape index (κ3) is 7.85. The first kappa shape index (κ1) is 32.7. The number of ether oxygens (including phenoxy) is 1. The van der Waals surface area contributed by atoms with Crippen LogP contribution in [0.5, 0.6) is 5.75 Å². The lowest BCUT2D eigenvalue weighted by atomic mass is 9.88. The first-order chi connectivity index (χ1) is 20.9. The van der Waals surface area contributed by atoms with E-state index >= 15 is 0 Å². The molecule has 1 aliphatic rings. The standard InChI is InChI=1S/C34H46N6O4/c1-24-18-20-39(21-19-24)32(43)34(4,26-14-16-27(44-5)17-15-26)40-22-29(36-23-40)38-30(41)28(37-31(42)33(2,3)35)13-9-12-25-10-7-6-8-11-25/h6-8,10-11,14-17,22-24,28H,9,12-13,18-21,35H2,1-5H3,(H,37,42)(H,38,41)/t28-,34-/m1/s1. The number of carbonyl (C=O) groups is 3. The van der Waals surface area contributed by atoms with E-state index < -0.39 is 28.9 Å². The molecule has 0 aliphatic carbocycles. The van der Waals surface area contributed by atoms with E-state index in [1.165, 1.54) is 0 Å². The Morgan fingerprint density at radius 1 is 1.05 bits per heavy atom. The molecule has 3 aromatic rings. The van der Waals surface area contributed by atoms with Crippen LogP contribution in [-0.4, -0.2) is 64.0 Å². The number of amides is 3. The minimum absolute atomic E-state index is 0.0407. The van der Waals surface area contributed by atoms with Crippen LogP contribution in [0.15, 0.2) is 67.1 Å². The molecule has 44 heavy (non-hydrogen) atoms. The highest BCUT2D eigenvalue weighted by Crippen LogP contribution is 2.32. The fourth-order valence-corrected chi connectivity index (χ4v) is 5.43. The van der Waals surface area contributed by atoms with Crippen molar-refractivity contribution in [2.75, 3.05) is 25.5 Å². The van der Waals surface area contributed by atoms with Crippen LogP contribution in [0.4, 0.5) is 5.82 Å². The highest BCUT2D eigenvalue weighted by molar-refractivity contribution is 5.98. The zero-order valence-corrected chi connectivity index (χ0v) is 26.5. The van der Waals surface area contributed by atoms with Crippen molar-refractivity contribution in [1.82, 2.24) is 19.8 Å². The van der Waals surface area contributed by atoms with Gasteiger partial charge in [-0.2, -0.15) is 0 Å². The monoisotopic (exact) mass is 602 g/mol. The first-order valence-electron chi connectivity index (χ1n) is 15.3. The van der Waals surface area contributed by atoms with Gasteiger partial charge in [0.25, 0.3) is 5.91 Å². The highest BCUT2D eigenvalue weighted by Gasteiger charge is 2.41. The second kappa shape index (κ2) is 14.1. The SMILES string of the molecule is COc1ccc([C@](C)(C(=O)N2CCC(C)CC2)n2cnc(NC(=O)[C@@H](CCCc3ccccc3)NC(=O)C(C)(C)N)c2)cc1. The van der Waals surface area contributed by atoms with Gasteiger partial charge in [0.15, 0.2) is 5.82 Å². The number of nitrogens with one attached hydrogen (secondary N) is 2. The number of benzene rings is 2. The van der Waals surface area contributed by atoms with E-state index in [4.69, 9.17) is 10.5 Å². The van der Waals surface area contributed by atoms with E-state index in [1.807, 2.05) is 66.4 Å². The number of aryl methyl sites for hydroxylation is 1. The predicted octanol–water partition coefficient (Wildman–Crippen LogP) is 4.10. The summed E-state index contributed by atoms with van der Waals surface area (Å²) in [5.41, 5.74) is 5.68. The third-order valence-electron chi connectivity index (χ3n) is 8.50. The van der Waals surface area contributed by atoms with Crippen LogP contribution < -0.4 is 21.1 Å². The van der Waals surface area contributed by atoms with Crippen LogP contribution in [0.1, 0.15) is 64.5 Å². The molecular formula is C34H46N6O4. The van der Waals surface area contributed by atoms with Crippen LogP contribution in [0.2, 0.25) is 0 Å². The van der Waals surface area contributed by atoms with Gasteiger partial charge in [-0.15, -0.1) is 0 Å². The zero-order valence-electron chi connectivity index (χ0n) is 26.5. The van der Waals surface area contributed by atoms with Crippen LogP contribution in [0.25, 0.3) is 0 Å². The summed E-state index contributed by atoms with van der Waals surface area (Å²) in [5.74, 6) is 0.687. The lowest BCUT2D eigenvalue weighted by molar-refractivity contribution is -0.139. The molecule has 0 spiro atoms. The molecule has 2 atom stereocenters. The highest BCUT2D eigenvalue weighted by atomic mass is 16.5. The van der Waals surface area contributed by atoms with Gasteiger partial charge in [0.1, 0.15) is 17.3 Å². The number of anilines is 1. The van der Waals surface area contributed by atoms with Gasteiger partial charge in [-0.25, -0.2) is 4.98 Å². The average Bonchev–Trinajstić information content (AvgIpc) is 3.49. The Hall–Kier alpha value is -4.18. The predicted molar refractivity (Wildman–Crippen MR) is 171 cm³/mol. The molecule has 1 aliphatic heterocycles. The minimum Gasteiger partial charge on any atom is -0.497 e. The maximum absolute atomic E-state index is 14.2. The van der Waals surface area contributed by atoms with Gasteiger partial charge in [-0.05, 0) is 82.1 Å². The molecule has 236 valence electrons. The van der Waals surface area contributed by atoms with E-state index in [0.717, 1.165) is 30.4 Å². The van der Waals surface area contributed by atoms with Gasteiger partial charge >= 0.3 is 0 Å². The number of nitrogens with zero attached hydrogens (tertiary/aromatic N) is 3. The fourth-order valence-electron chi connectivity index (χ4n) is 5.43. The number of hydrogen-bond donors (Lipinski definition) is 3. The number of hydrogen-bond acceptors (Lipinski definition) is 6. The summed E-state index contributed by atoms with van der Waals surface area (Å²) in [6.45, 7) is 8.66. The lowest BCUT2D eigenvalue weighted by Gasteiger charge is -2.39. The number of aromatic nitrogens is 2. The van der Waals surface area contributed by atoms with Crippen molar-refractivity contribution in [1.29, 1.82) is 0 Å². The van der Waals surface area contributed by atoms with Crippen LogP contribution in [-0.2, 0) is 26.3 Å². The van der Waals surface area contributed by atoms with Crippen molar-refractivity contribution < 1.29 is 19.1 Å². The number of imidazole rings is 1. The lowest BCUT2D eigenvalue weighted by Crippen LogP contribution is -2.54. The molecule has 0 bridgehead atoms. The van der Waals surface area contributed by atoms with Gasteiger partial charge in [-0.3, -0.25) is 14.4 Å². The van der Waals surface area contributed by atoms with Crippen LogP contribution in [0.3, 0.4) is 0 Å². The molecule has 10 nitrogen and oxygen atoms in total. The molecule has 3 amide bonds. The zero-order chi connectivity index (χ0) is 31.9. The number of rotatable bonds is 12. The van der Waals surface area contributed by atoms with Crippen molar-refractivity contribution in [3.63, 3.8) is 0 Å². The van der Waals surface area contributed by atoms with Gasteiger partial charge in [0, 0.05) is 19.3 Å². The number of nitrogens with two attached hydrogens (primary N) is 1. The molecule has 4 N–H and O–H groups in total. The summed E-state index contributed by atoms with van der Waals surface area (Å²) in [4.78, 5) is 46.8. The Kier molecular flexibility index (Phi) is 10.5. The summed E-state index contributed by atoms with van der Waals surface area (Å²) in [6.07, 6.45) is 7.00. The molecule has 0 radical (unpaired) electrons. The minimum atomic E-state index is -1.15. The normalized spacial score (nSPS) is 16.1. The fraction of sp³-hybridized carbons (Fsp3) is 0.471. The maximum Gasteiger partial charge on any atom is 0.253 e. The molecule has 2 heterocycles. The summed E-state index contributed by atoms with van der Waals surface area (Å²) in [5, 5.41) is 5.68. The van der Waals surface area contributed by atoms with Crippen molar-refractivity contribution in [3.05, 3.63) is 78.2 Å². The molecule has 1 fully saturated rings. The quantitative estimate of drug-likeness (QED) is 0.286. The molecule has 0 unspecified atom stereocenters. The summed E-state index contributed by atoms with van der Waals surface area (Å²) in [7, 11) is 1.60. The Morgan fingerprint density at radius 2 is 1.70 bits per heavy atom. The smallest absolute Gasteiger partial charge is 0.253 e. The van der Waals surface area contributed by atoms with Crippen molar-refractivity contribution in [3.8, 4) is 5.75 Å². The van der Waals surface area contributed by atoms with Crippen molar-refractivity contribution >= 4 is 23.5 Å². The van der Waals surface area contributed by atoms with Gasteiger partial charge < -0.3 is 30.6 Å². The van der Waals surface area contributed by atoms with E-state index in [1.54, 1.807) is 38.0 Å². The van der Waals surface area contributed by atoms with Gasteiger partial charge in [0.2, 0.25) is 11.8 Å². The number of carbonyl (C=O) groups excluding carboxylic acids is 3. The number of piperidine rings is 1. The second-order valence-electron chi connectivity index (χ2n) is 12.6.